The molecule has 0 radical (unpaired) electrons. The van der Waals surface area contributed by atoms with Gasteiger partial charge in [0.05, 0.1) is 12.5 Å². The Morgan fingerprint density at radius 1 is 1.07 bits per heavy atom. The molecule has 1 aliphatic rings. The molecule has 1 aliphatic heterocycles. The fraction of sp³-hybridized carbons (Fsp3) is 0.375. The van der Waals surface area contributed by atoms with Crippen LogP contribution in [0.5, 0.6) is 11.5 Å². The van der Waals surface area contributed by atoms with Crippen molar-refractivity contribution < 1.29 is 14.3 Å². The third kappa shape index (κ3) is 4.30. The highest BCUT2D eigenvalue weighted by molar-refractivity contribution is 5.86. The number of hydrogen-bond donors (Lipinski definition) is 1. The fourth-order valence-corrected chi connectivity index (χ4v) is 4.03. The second-order valence-corrected chi connectivity index (χ2v) is 7.67. The zero-order valence-electron chi connectivity index (χ0n) is 16.8. The van der Waals surface area contributed by atoms with Crippen molar-refractivity contribution in [3.8, 4) is 22.8 Å². The normalized spacial score (nSPS) is 14.5. The largest absolute Gasteiger partial charge is 0.504 e. The van der Waals surface area contributed by atoms with Gasteiger partial charge in [-0.15, -0.1) is 0 Å². The lowest BCUT2D eigenvalue weighted by Crippen LogP contribution is -2.20. The lowest BCUT2D eigenvalue weighted by Gasteiger charge is -2.13. The molecule has 0 spiro atoms. The van der Waals surface area contributed by atoms with Crippen LogP contribution >= 0.6 is 0 Å². The number of likely N-dealkylation sites (tertiary alicyclic amines) is 1. The summed E-state index contributed by atoms with van der Waals surface area (Å²) in [5.74, 6) is 0.590. The average molecular weight is 393 g/mol. The highest BCUT2D eigenvalue weighted by Crippen LogP contribution is 2.35. The Bertz CT molecular complexity index is 1030. The molecule has 1 aromatic heterocycles. The van der Waals surface area contributed by atoms with Crippen LogP contribution in [-0.4, -0.2) is 36.8 Å². The topological polar surface area (TPSA) is 62.9 Å². The van der Waals surface area contributed by atoms with E-state index in [1.54, 1.807) is 6.07 Å². The number of phenolic OH excluding ortho intramolecular Hbond substituents is 1. The molecule has 2 heterocycles. The number of nitrogens with zero attached hydrogens (tertiary/aromatic N) is 1. The van der Waals surface area contributed by atoms with E-state index in [4.69, 9.17) is 9.15 Å². The van der Waals surface area contributed by atoms with Crippen molar-refractivity contribution in [2.45, 2.75) is 32.1 Å². The van der Waals surface area contributed by atoms with Crippen LogP contribution < -0.4 is 10.2 Å². The minimum absolute atomic E-state index is 0.0513. The molecule has 1 N–H and O–H groups in total. The molecule has 1 saturated heterocycles. The van der Waals surface area contributed by atoms with E-state index in [1.807, 2.05) is 12.1 Å². The average Bonchev–Trinajstić information content (AvgIpc) is 3.25. The van der Waals surface area contributed by atoms with E-state index < -0.39 is 0 Å². The van der Waals surface area contributed by atoms with Crippen LogP contribution in [0, 0.1) is 0 Å². The standard InChI is InChI=1S/C24H27NO4/c1-28-24-20(26)12-11-19-21(27)16-22(29-23(19)24)18-9-7-17(8-10-18)6-2-3-13-25-14-4-5-15-25/h7-12,16,26H,2-6,13-15H2,1H3. The molecule has 0 aliphatic carbocycles. The molecular formula is C24H27NO4. The molecule has 29 heavy (non-hydrogen) atoms. The van der Waals surface area contributed by atoms with Gasteiger partial charge in [-0.05, 0) is 69.4 Å². The molecule has 4 rings (SSSR count). The smallest absolute Gasteiger partial charge is 0.204 e. The van der Waals surface area contributed by atoms with Crippen molar-refractivity contribution in [2.75, 3.05) is 26.7 Å². The number of hydrogen-bond acceptors (Lipinski definition) is 5. The zero-order valence-corrected chi connectivity index (χ0v) is 16.8. The Morgan fingerprint density at radius 3 is 2.55 bits per heavy atom. The summed E-state index contributed by atoms with van der Waals surface area (Å²) in [4.78, 5) is 15.1. The van der Waals surface area contributed by atoms with Crippen LogP contribution in [0.3, 0.4) is 0 Å². The highest BCUT2D eigenvalue weighted by atomic mass is 16.5. The van der Waals surface area contributed by atoms with Crippen molar-refractivity contribution in [1.29, 1.82) is 0 Å². The van der Waals surface area contributed by atoms with E-state index in [-0.39, 0.29) is 22.5 Å². The van der Waals surface area contributed by atoms with Gasteiger partial charge in [-0.1, -0.05) is 24.3 Å². The molecule has 152 valence electrons. The van der Waals surface area contributed by atoms with Crippen LogP contribution in [0.2, 0.25) is 0 Å². The Balaban J connectivity index is 1.48. The molecule has 1 fully saturated rings. The first-order valence-corrected chi connectivity index (χ1v) is 10.3. The van der Waals surface area contributed by atoms with Gasteiger partial charge in [0.2, 0.25) is 5.75 Å². The third-order valence-corrected chi connectivity index (χ3v) is 5.66. The van der Waals surface area contributed by atoms with Crippen molar-refractivity contribution >= 4 is 11.0 Å². The maximum atomic E-state index is 12.5. The summed E-state index contributed by atoms with van der Waals surface area (Å²) in [6.45, 7) is 3.72. The van der Waals surface area contributed by atoms with Crippen LogP contribution in [0.15, 0.2) is 51.7 Å². The van der Waals surface area contributed by atoms with Crippen molar-refractivity contribution in [1.82, 2.24) is 4.90 Å². The lowest BCUT2D eigenvalue weighted by molar-refractivity contribution is 0.330. The number of ether oxygens (including phenoxy) is 1. The maximum Gasteiger partial charge on any atom is 0.204 e. The number of benzene rings is 2. The molecule has 0 unspecified atom stereocenters. The van der Waals surface area contributed by atoms with E-state index in [2.05, 4.69) is 17.0 Å². The van der Waals surface area contributed by atoms with E-state index in [1.165, 1.54) is 70.1 Å². The van der Waals surface area contributed by atoms with Gasteiger partial charge in [0.1, 0.15) is 5.76 Å². The SMILES string of the molecule is COc1c(O)ccc2c(=O)cc(-c3ccc(CCCCN4CCCC4)cc3)oc12. The number of unbranched alkanes of at least 4 members (excludes halogenated alkanes) is 1. The van der Waals surface area contributed by atoms with Crippen molar-refractivity contribution in [2.24, 2.45) is 0 Å². The summed E-state index contributed by atoms with van der Waals surface area (Å²) in [5.41, 5.74) is 2.22. The number of phenols is 1. The Labute approximate surface area is 170 Å². The van der Waals surface area contributed by atoms with Gasteiger partial charge < -0.3 is 19.2 Å². The number of aryl methyl sites for hydroxylation is 1. The summed E-state index contributed by atoms with van der Waals surface area (Å²) in [6.07, 6.45) is 6.15. The number of methoxy groups -OCH3 is 1. The lowest BCUT2D eigenvalue weighted by atomic mass is 10.0. The molecule has 0 bridgehead atoms. The Kier molecular flexibility index (Phi) is 5.86. The quantitative estimate of drug-likeness (QED) is 0.595. The number of aromatic hydroxyl groups is 1. The van der Waals surface area contributed by atoms with Crippen molar-refractivity contribution in [3.05, 3.63) is 58.3 Å². The summed E-state index contributed by atoms with van der Waals surface area (Å²) in [5, 5.41) is 10.4. The first-order chi connectivity index (χ1) is 14.2. The van der Waals surface area contributed by atoms with Gasteiger partial charge in [0.25, 0.3) is 0 Å². The van der Waals surface area contributed by atoms with Crippen LogP contribution in [0.25, 0.3) is 22.3 Å². The molecular weight excluding hydrogens is 366 g/mol. The van der Waals surface area contributed by atoms with Crippen LogP contribution in [0.1, 0.15) is 31.2 Å². The van der Waals surface area contributed by atoms with E-state index >= 15 is 0 Å². The fourth-order valence-electron chi connectivity index (χ4n) is 4.03. The van der Waals surface area contributed by atoms with Gasteiger partial charge in [-0.2, -0.15) is 0 Å². The van der Waals surface area contributed by atoms with Gasteiger partial charge in [-0.3, -0.25) is 4.79 Å². The molecule has 0 amide bonds. The zero-order chi connectivity index (χ0) is 20.2. The van der Waals surface area contributed by atoms with Crippen LogP contribution in [-0.2, 0) is 6.42 Å². The molecule has 0 saturated carbocycles. The summed E-state index contributed by atoms with van der Waals surface area (Å²) < 4.78 is 11.2. The number of rotatable bonds is 7. The molecule has 0 atom stereocenters. The molecule has 5 nitrogen and oxygen atoms in total. The van der Waals surface area contributed by atoms with Gasteiger partial charge >= 0.3 is 0 Å². The second-order valence-electron chi connectivity index (χ2n) is 7.67. The second kappa shape index (κ2) is 8.70. The highest BCUT2D eigenvalue weighted by Gasteiger charge is 2.15. The minimum Gasteiger partial charge on any atom is -0.504 e. The van der Waals surface area contributed by atoms with Gasteiger partial charge in [-0.25, -0.2) is 0 Å². The first kappa shape index (κ1) is 19.5. The third-order valence-electron chi connectivity index (χ3n) is 5.66. The predicted octanol–water partition coefficient (Wildman–Crippen LogP) is 4.59. The van der Waals surface area contributed by atoms with Gasteiger partial charge in [0.15, 0.2) is 16.8 Å². The maximum absolute atomic E-state index is 12.5. The van der Waals surface area contributed by atoms with E-state index in [9.17, 15) is 9.90 Å². The molecule has 3 aromatic rings. The minimum atomic E-state index is -0.162. The Hall–Kier alpha value is -2.79. The summed E-state index contributed by atoms with van der Waals surface area (Å²) in [6, 6.07) is 12.6. The number of fused-ring (bicyclic) bond motifs is 1. The van der Waals surface area contributed by atoms with Crippen molar-refractivity contribution in [3.63, 3.8) is 0 Å². The first-order valence-electron chi connectivity index (χ1n) is 10.3. The molecule has 5 heteroatoms. The molecule has 2 aromatic carbocycles. The van der Waals surface area contributed by atoms with Gasteiger partial charge in [0, 0.05) is 11.6 Å². The van der Waals surface area contributed by atoms with Crippen LogP contribution in [0.4, 0.5) is 0 Å². The Morgan fingerprint density at radius 2 is 1.83 bits per heavy atom. The summed E-state index contributed by atoms with van der Waals surface area (Å²) in [7, 11) is 1.44. The van der Waals surface area contributed by atoms with E-state index in [0.29, 0.717) is 11.1 Å². The monoisotopic (exact) mass is 393 g/mol. The summed E-state index contributed by atoms with van der Waals surface area (Å²) >= 11 is 0. The predicted molar refractivity (Wildman–Crippen MR) is 115 cm³/mol. The van der Waals surface area contributed by atoms with E-state index in [0.717, 1.165) is 12.0 Å².